The van der Waals surface area contributed by atoms with Crippen molar-refractivity contribution in [1.82, 2.24) is 10.6 Å². The number of phenols is 1. The number of esters is 1. The Balaban J connectivity index is 2.40. The number of benzene rings is 1. The molecular formula is C15H17BrN2O4. The molecule has 7 heteroatoms. The fourth-order valence-corrected chi connectivity index (χ4v) is 2.59. The van der Waals surface area contributed by atoms with Crippen LogP contribution in [0.2, 0.25) is 0 Å². The molecule has 22 heavy (non-hydrogen) atoms. The Hall–Kier alpha value is -2.02. The Morgan fingerprint density at radius 2 is 2.18 bits per heavy atom. The van der Waals surface area contributed by atoms with Crippen molar-refractivity contribution in [2.24, 2.45) is 0 Å². The first-order valence-corrected chi connectivity index (χ1v) is 7.67. The molecule has 1 heterocycles. The van der Waals surface area contributed by atoms with Gasteiger partial charge in [0.25, 0.3) is 0 Å². The largest absolute Gasteiger partial charge is 0.507 e. The highest BCUT2D eigenvalue weighted by Crippen LogP contribution is 2.32. The van der Waals surface area contributed by atoms with E-state index >= 15 is 0 Å². The molecule has 0 saturated carbocycles. The molecule has 2 rings (SSSR count). The minimum absolute atomic E-state index is 0.0832. The molecule has 0 bridgehead atoms. The number of allylic oxidation sites excluding steroid dienone is 1. The molecule has 0 saturated heterocycles. The molecule has 0 aromatic heterocycles. The van der Waals surface area contributed by atoms with Gasteiger partial charge in [-0.25, -0.2) is 9.59 Å². The maximum absolute atomic E-state index is 12.3. The average molecular weight is 369 g/mol. The summed E-state index contributed by atoms with van der Waals surface area (Å²) in [6, 6.07) is 3.79. The van der Waals surface area contributed by atoms with Crippen LogP contribution in [0.3, 0.4) is 0 Å². The van der Waals surface area contributed by atoms with Gasteiger partial charge < -0.3 is 20.5 Å². The highest BCUT2D eigenvalue weighted by molar-refractivity contribution is 9.10. The minimum Gasteiger partial charge on any atom is -0.507 e. The smallest absolute Gasteiger partial charge is 0.338 e. The van der Waals surface area contributed by atoms with E-state index in [0.29, 0.717) is 34.3 Å². The molecule has 0 fully saturated rings. The Morgan fingerprint density at radius 1 is 1.45 bits per heavy atom. The highest BCUT2D eigenvalue weighted by Gasteiger charge is 2.32. The van der Waals surface area contributed by atoms with Gasteiger partial charge in [-0.1, -0.05) is 13.0 Å². The molecule has 0 radical (unpaired) electrons. The van der Waals surface area contributed by atoms with Crippen LogP contribution in [0.25, 0.3) is 0 Å². The highest BCUT2D eigenvalue weighted by atomic mass is 79.9. The van der Waals surface area contributed by atoms with Crippen LogP contribution in [0.15, 0.2) is 33.9 Å². The minimum atomic E-state index is -0.630. The van der Waals surface area contributed by atoms with Crippen molar-refractivity contribution < 1.29 is 19.4 Å². The first-order valence-electron chi connectivity index (χ1n) is 6.87. The number of halogens is 1. The maximum atomic E-state index is 12.3. The van der Waals surface area contributed by atoms with Gasteiger partial charge in [-0.2, -0.15) is 0 Å². The van der Waals surface area contributed by atoms with Crippen molar-refractivity contribution in [1.29, 1.82) is 0 Å². The fraction of sp³-hybridized carbons (Fsp3) is 0.333. The van der Waals surface area contributed by atoms with E-state index in [-0.39, 0.29) is 5.75 Å². The first-order chi connectivity index (χ1) is 10.4. The number of ether oxygens (including phenoxy) is 1. The lowest BCUT2D eigenvalue weighted by Gasteiger charge is -2.28. The quantitative estimate of drug-likeness (QED) is 0.713. The molecule has 2 amide bonds. The number of phenolic OH excluding ortho intramolecular Hbond substituents is 1. The third-order valence-electron chi connectivity index (χ3n) is 3.23. The van der Waals surface area contributed by atoms with E-state index in [1.54, 1.807) is 19.1 Å². The van der Waals surface area contributed by atoms with E-state index in [0.717, 1.165) is 0 Å². The monoisotopic (exact) mass is 368 g/mol. The number of hydrogen-bond acceptors (Lipinski definition) is 4. The number of rotatable bonds is 4. The molecule has 1 unspecified atom stereocenters. The Morgan fingerprint density at radius 3 is 2.82 bits per heavy atom. The Kier molecular flexibility index (Phi) is 5.07. The molecule has 1 aliphatic heterocycles. The summed E-state index contributed by atoms with van der Waals surface area (Å²) in [5.74, 6) is -0.388. The van der Waals surface area contributed by atoms with Crippen molar-refractivity contribution in [3.8, 4) is 5.75 Å². The average Bonchev–Trinajstić information content (AvgIpc) is 2.46. The lowest BCUT2D eigenvalue weighted by Crippen LogP contribution is -2.45. The third kappa shape index (κ3) is 3.41. The van der Waals surface area contributed by atoms with Gasteiger partial charge in [-0.15, -0.1) is 0 Å². The fourth-order valence-electron chi connectivity index (χ4n) is 2.19. The summed E-state index contributed by atoms with van der Waals surface area (Å²) in [5, 5.41) is 14.9. The predicted molar refractivity (Wildman–Crippen MR) is 84.2 cm³/mol. The predicted octanol–water partition coefficient (Wildman–Crippen LogP) is 2.74. The van der Waals surface area contributed by atoms with E-state index < -0.39 is 18.0 Å². The summed E-state index contributed by atoms with van der Waals surface area (Å²) in [7, 11) is 0. The molecule has 0 aliphatic carbocycles. The van der Waals surface area contributed by atoms with Gasteiger partial charge in [0.2, 0.25) is 0 Å². The normalized spacial score (nSPS) is 17.8. The van der Waals surface area contributed by atoms with Gasteiger partial charge in [0.1, 0.15) is 5.75 Å². The number of hydrogen-bond donors (Lipinski definition) is 3. The topological polar surface area (TPSA) is 87.7 Å². The van der Waals surface area contributed by atoms with Crippen LogP contribution >= 0.6 is 15.9 Å². The van der Waals surface area contributed by atoms with Crippen LogP contribution in [0.1, 0.15) is 31.9 Å². The van der Waals surface area contributed by atoms with Crippen molar-refractivity contribution in [3.63, 3.8) is 0 Å². The second-order valence-corrected chi connectivity index (χ2v) is 5.77. The van der Waals surface area contributed by atoms with E-state index in [1.165, 1.54) is 6.07 Å². The first kappa shape index (κ1) is 16.4. The van der Waals surface area contributed by atoms with Gasteiger partial charge in [-0.3, -0.25) is 0 Å². The van der Waals surface area contributed by atoms with Gasteiger partial charge in [0.05, 0.1) is 22.7 Å². The Labute approximate surface area is 136 Å². The van der Waals surface area contributed by atoms with Gasteiger partial charge in [0.15, 0.2) is 0 Å². The SMILES string of the molecule is CCCOC(=O)C1=C(C)NC(=O)NC1c1ccc(O)c(Br)c1. The van der Waals surface area contributed by atoms with Gasteiger partial charge in [0, 0.05) is 5.70 Å². The lowest BCUT2D eigenvalue weighted by molar-refractivity contribution is -0.139. The van der Waals surface area contributed by atoms with Crippen LogP contribution in [-0.2, 0) is 9.53 Å². The van der Waals surface area contributed by atoms with E-state index in [2.05, 4.69) is 26.6 Å². The summed E-state index contributed by atoms with van der Waals surface area (Å²) in [5.41, 5.74) is 1.48. The van der Waals surface area contributed by atoms with Gasteiger partial charge >= 0.3 is 12.0 Å². The summed E-state index contributed by atoms with van der Waals surface area (Å²) >= 11 is 3.23. The van der Waals surface area contributed by atoms with Crippen molar-refractivity contribution in [2.45, 2.75) is 26.3 Å². The molecule has 1 atom stereocenters. The van der Waals surface area contributed by atoms with Crippen molar-refractivity contribution >= 4 is 27.9 Å². The second-order valence-electron chi connectivity index (χ2n) is 4.92. The maximum Gasteiger partial charge on any atom is 0.338 e. The van der Waals surface area contributed by atoms with E-state index in [9.17, 15) is 14.7 Å². The van der Waals surface area contributed by atoms with E-state index in [1.807, 2.05) is 6.92 Å². The van der Waals surface area contributed by atoms with Crippen LogP contribution in [0.5, 0.6) is 5.75 Å². The molecule has 118 valence electrons. The number of urea groups is 1. The molecular weight excluding hydrogens is 352 g/mol. The number of carbonyl (C=O) groups is 2. The van der Waals surface area contributed by atoms with Crippen molar-refractivity contribution in [2.75, 3.05) is 6.61 Å². The standard InChI is InChI=1S/C15H17BrN2O4/c1-3-6-22-14(20)12-8(2)17-15(21)18-13(12)9-4-5-11(19)10(16)7-9/h4-5,7,13,19H,3,6H2,1-2H3,(H2,17,18,21). The van der Waals surface area contributed by atoms with Crippen LogP contribution in [-0.4, -0.2) is 23.7 Å². The zero-order valence-electron chi connectivity index (χ0n) is 12.3. The van der Waals surface area contributed by atoms with E-state index in [4.69, 9.17) is 4.74 Å². The molecule has 0 spiro atoms. The number of amides is 2. The number of aromatic hydroxyl groups is 1. The number of carbonyl (C=O) groups excluding carboxylic acids is 2. The van der Waals surface area contributed by atoms with Crippen LogP contribution in [0.4, 0.5) is 4.79 Å². The Bertz CT molecular complexity index is 642. The molecule has 6 nitrogen and oxygen atoms in total. The molecule has 1 aromatic rings. The van der Waals surface area contributed by atoms with Crippen LogP contribution in [0, 0.1) is 0 Å². The molecule has 1 aromatic carbocycles. The van der Waals surface area contributed by atoms with Gasteiger partial charge in [-0.05, 0) is 47.0 Å². The second kappa shape index (κ2) is 6.83. The molecule has 3 N–H and O–H groups in total. The molecule has 1 aliphatic rings. The summed E-state index contributed by atoms with van der Waals surface area (Å²) in [4.78, 5) is 24.0. The summed E-state index contributed by atoms with van der Waals surface area (Å²) in [6.07, 6.45) is 0.716. The zero-order chi connectivity index (χ0) is 16.3. The third-order valence-corrected chi connectivity index (χ3v) is 3.87. The zero-order valence-corrected chi connectivity index (χ0v) is 13.9. The summed E-state index contributed by atoms with van der Waals surface area (Å²) in [6.45, 7) is 3.88. The number of nitrogens with one attached hydrogen (secondary N) is 2. The summed E-state index contributed by atoms with van der Waals surface area (Å²) < 4.78 is 5.68. The van der Waals surface area contributed by atoms with Crippen LogP contribution < -0.4 is 10.6 Å². The van der Waals surface area contributed by atoms with Crippen molar-refractivity contribution in [3.05, 3.63) is 39.5 Å². The lowest BCUT2D eigenvalue weighted by atomic mass is 9.95.